The number of carboxylic acids is 1. The number of likely N-dealkylation sites (tertiary alicyclic amines) is 1. The fourth-order valence-electron chi connectivity index (χ4n) is 1.96. The highest BCUT2D eigenvalue weighted by Gasteiger charge is 2.29. The molecule has 0 aromatic heterocycles. The zero-order valence-electron chi connectivity index (χ0n) is 9.26. The van der Waals surface area contributed by atoms with Crippen LogP contribution in [0.3, 0.4) is 0 Å². The van der Waals surface area contributed by atoms with Crippen molar-refractivity contribution < 1.29 is 14.7 Å². The van der Waals surface area contributed by atoms with Gasteiger partial charge in [-0.3, -0.25) is 9.59 Å². The van der Waals surface area contributed by atoms with E-state index in [0.717, 1.165) is 6.42 Å². The number of nitrogens with two attached hydrogens (primary N) is 1. The van der Waals surface area contributed by atoms with E-state index < -0.39 is 12.0 Å². The van der Waals surface area contributed by atoms with E-state index in [1.165, 1.54) is 0 Å². The molecule has 0 radical (unpaired) electrons. The summed E-state index contributed by atoms with van der Waals surface area (Å²) in [6.07, 6.45) is 2.95. The van der Waals surface area contributed by atoms with E-state index >= 15 is 0 Å². The average Bonchev–Trinajstić information content (AvgIpc) is 2.64. The molecule has 5 heteroatoms. The fourth-order valence-corrected chi connectivity index (χ4v) is 1.96. The van der Waals surface area contributed by atoms with Crippen LogP contribution >= 0.6 is 0 Å². The lowest BCUT2D eigenvalue weighted by Crippen LogP contribution is -2.42. The molecular weight excluding hydrogens is 208 g/mol. The van der Waals surface area contributed by atoms with Gasteiger partial charge in [-0.1, -0.05) is 6.08 Å². The maximum absolute atomic E-state index is 11.8. The molecule has 1 rings (SSSR count). The van der Waals surface area contributed by atoms with Gasteiger partial charge in [0.2, 0.25) is 5.91 Å². The smallest absolute Gasteiger partial charge is 0.303 e. The van der Waals surface area contributed by atoms with E-state index in [0.29, 0.717) is 19.5 Å². The normalized spacial score (nSPS) is 21.8. The van der Waals surface area contributed by atoms with Crippen LogP contribution < -0.4 is 5.73 Å². The van der Waals surface area contributed by atoms with Crippen molar-refractivity contribution in [2.24, 2.45) is 11.7 Å². The Morgan fingerprint density at radius 2 is 2.31 bits per heavy atom. The van der Waals surface area contributed by atoms with Crippen LogP contribution in [0.15, 0.2) is 12.7 Å². The van der Waals surface area contributed by atoms with E-state index in [9.17, 15) is 9.59 Å². The standard InChI is InChI=1S/C11H18N2O3/c1-2-3-9(12)11(16)13-5-4-8(7-13)6-10(14)15/h2,8-9H,1,3-7,12H2,(H,14,15). The second-order valence-corrected chi connectivity index (χ2v) is 4.17. The number of nitrogens with zero attached hydrogens (tertiary/aromatic N) is 1. The Labute approximate surface area is 94.9 Å². The molecule has 0 bridgehead atoms. The summed E-state index contributed by atoms with van der Waals surface area (Å²) in [6.45, 7) is 4.66. The number of rotatable bonds is 5. The third-order valence-electron chi connectivity index (χ3n) is 2.80. The summed E-state index contributed by atoms with van der Waals surface area (Å²) in [5.74, 6) is -0.847. The third-order valence-corrected chi connectivity index (χ3v) is 2.80. The lowest BCUT2D eigenvalue weighted by Gasteiger charge is -2.19. The fraction of sp³-hybridized carbons (Fsp3) is 0.636. The van der Waals surface area contributed by atoms with Crippen LogP contribution in [0, 0.1) is 5.92 Å². The van der Waals surface area contributed by atoms with E-state index in [2.05, 4.69) is 6.58 Å². The lowest BCUT2D eigenvalue weighted by molar-refractivity contribution is -0.138. The quantitative estimate of drug-likeness (QED) is 0.656. The van der Waals surface area contributed by atoms with Crippen LogP contribution in [0.5, 0.6) is 0 Å². The maximum atomic E-state index is 11.8. The Bertz CT molecular complexity index is 291. The predicted molar refractivity (Wildman–Crippen MR) is 59.7 cm³/mol. The molecule has 0 saturated carbocycles. The summed E-state index contributed by atoms with van der Waals surface area (Å²) in [4.78, 5) is 24.0. The topological polar surface area (TPSA) is 83.6 Å². The number of carbonyl (C=O) groups excluding carboxylic acids is 1. The minimum absolute atomic E-state index is 0.0670. The second kappa shape index (κ2) is 5.65. The summed E-state index contributed by atoms with van der Waals surface area (Å²) in [6, 6.07) is -0.541. The first-order valence-corrected chi connectivity index (χ1v) is 5.41. The summed E-state index contributed by atoms with van der Waals surface area (Å²) < 4.78 is 0. The van der Waals surface area contributed by atoms with Crippen molar-refractivity contribution in [3.63, 3.8) is 0 Å². The van der Waals surface area contributed by atoms with Crippen molar-refractivity contribution in [1.82, 2.24) is 4.90 Å². The first-order chi connectivity index (χ1) is 7.54. The van der Waals surface area contributed by atoms with Crippen molar-refractivity contribution in [2.75, 3.05) is 13.1 Å². The van der Waals surface area contributed by atoms with Crippen molar-refractivity contribution in [3.8, 4) is 0 Å². The number of aliphatic carboxylic acids is 1. The molecule has 5 nitrogen and oxygen atoms in total. The summed E-state index contributed by atoms with van der Waals surface area (Å²) in [5.41, 5.74) is 5.68. The highest BCUT2D eigenvalue weighted by atomic mass is 16.4. The first kappa shape index (κ1) is 12.7. The zero-order chi connectivity index (χ0) is 12.1. The molecule has 2 atom stereocenters. The lowest BCUT2D eigenvalue weighted by atomic mass is 10.1. The van der Waals surface area contributed by atoms with Gasteiger partial charge in [-0.05, 0) is 18.8 Å². The first-order valence-electron chi connectivity index (χ1n) is 5.41. The molecule has 1 aliphatic rings. The van der Waals surface area contributed by atoms with Crippen LogP contribution in [-0.4, -0.2) is 41.0 Å². The monoisotopic (exact) mass is 226 g/mol. The molecule has 3 N–H and O–H groups in total. The average molecular weight is 226 g/mol. The molecule has 90 valence electrons. The second-order valence-electron chi connectivity index (χ2n) is 4.17. The molecule has 0 spiro atoms. The third kappa shape index (κ3) is 3.34. The molecule has 16 heavy (non-hydrogen) atoms. The maximum Gasteiger partial charge on any atom is 0.303 e. The molecule has 1 fully saturated rings. The van der Waals surface area contributed by atoms with Gasteiger partial charge >= 0.3 is 5.97 Å². The number of hydrogen-bond acceptors (Lipinski definition) is 3. The summed E-state index contributed by atoms with van der Waals surface area (Å²) in [7, 11) is 0. The molecule has 0 aromatic carbocycles. The van der Waals surface area contributed by atoms with Gasteiger partial charge in [0.05, 0.1) is 6.04 Å². The van der Waals surface area contributed by atoms with Gasteiger partial charge in [0.25, 0.3) is 0 Å². The van der Waals surface area contributed by atoms with Gasteiger partial charge in [-0.15, -0.1) is 6.58 Å². The van der Waals surface area contributed by atoms with Crippen molar-refractivity contribution in [2.45, 2.75) is 25.3 Å². The van der Waals surface area contributed by atoms with E-state index in [4.69, 9.17) is 10.8 Å². The zero-order valence-corrected chi connectivity index (χ0v) is 9.26. The Morgan fingerprint density at radius 3 is 2.88 bits per heavy atom. The molecular formula is C11H18N2O3. The van der Waals surface area contributed by atoms with E-state index in [1.54, 1.807) is 11.0 Å². The number of amides is 1. The Kier molecular flexibility index (Phi) is 4.49. The van der Waals surface area contributed by atoms with Crippen molar-refractivity contribution >= 4 is 11.9 Å². The number of carboxylic acid groups (broad SMARTS) is 1. The molecule has 0 aliphatic carbocycles. The van der Waals surface area contributed by atoms with Gasteiger partial charge in [0.1, 0.15) is 0 Å². The van der Waals surface area contributed by atoms with Crippen LogP contribution in [-0.2, 0) is 9.59 Å². The molecule has 2 unspecified atom stereocenters. The summed E-state index contributed by atoms with van der Waals surface area (Å²) in [5, 5.41) is 8.65. The molecule has 1 saturated heterocycles. The summed E-state index contributed by atoms with van der Waals surface area (Å²) >= 11 is 0. The minimum Gasteiger partial charge on any atom is -0.481 e. The number of carbonyl (C=O) groups is 2. The molecule has 0 aromatic rings. The van der Waals surface area contributed by atoms with Crippen LogP contribution in [0.2, 0.25) is 0 Å². The Balaban J connectivity index is 2.43. The van der Waals surface area contributed by atoms with E-state index in [1.807, 2.05) is 0 Å². The van der Waals surface area contributed by atoms with Crippen molar-refractivity contribution in [3.05, 3.63) is 12.7 Å². The Hall–Kier alpha value is -1.36. The van der Waals surface area contributed by atoms with Crippen molar-refractivity contribution in [1.29, 1.82) is 0 Å². The van der Waals surface area contributed by atoms with Crippen LogP contribution in [0.1, 0.15) is 19.3 Å². The van der Waals surface area contributed by atoms with Gasteiger partial charge in [0.15, 0.2) is 0 Å². The van der Waals surface area contributed by atoms with Gasteiger partial charge in [-0.2, -0.15) is 0 Å². The van der Waals surface area contributed by atoms with Gasteiger partial charge in [-0.25, -0.2) is 0 Å². The highest BCUT2D eigenvalue weighted by Crippen LogP contribution is 2.20. The SMILES string of the molecule is C=CCC(N)C(=O)N1CCC(CC(=O)O)C1. The predicted octanol–water partition coefficient (Wildman–Crippen LogP) is 0.213. The highest BCUT2D eigenvalue weighted by molar-refractivity contribution is 5.82. The molecule has 1 amide bonds. The van der Waals surface area contributed by atoms with Gasteiger partial charge in [0, 0.05) is 19.5 Å². The van der Waals surface area contributed by atoms with E-state index in [-0.39, 0.29) is 18.2 Å². The van der Waals surface area contributed by atoms with Crippen LogP contribution in [0.4, 0.5) is 0 Å². The molecule has 1 heterocycles. The van der Waals surface area contributed by atoms with Crippen LogP contribution in [0.25, 0.3) is 0 Å². The number of hydrogen-bond donors (Lipinski definition) is 2. The largest absolute Gasteiger partial charge is 0.481 e. The van der Waals surface area contributed by atoms with Gasteiger partial charge < -0.3 is 15.7 Å². The molecule has 1 aliphatic heterocycles. The minimum atomic E-state index is -0.810. The Morgan fingerprint density at radius 1 is 1.62 bits per heavy atom.